The molecular weight excluding hydrogens is 206 g/mol. The van der Waals surface area contributed by atoms with Crippen LogP contribution in [0.25, 0.3) is 0 Å². The molecule has 2 aromatic rings. The zero-order valence-electron chi connectivity index (χ0n) is 8.33. The van der Waals surface area contributed by atoms with Crippen LogP contribution in [0.1, 0.15) is 20.7 Å². The Morgan fingerprint density at radius 1 is 0.750 bits per heavy atom. The number of carbonyl (C=O) groups excluding carboxylic acids is 2. The van der Waals surface area contributed by atoms with Gasteiger partial charge in [-0.15, -0.1) is 0 Å². The summed E-state index contributed by atoms with van der Waals surface area (Å²) < 4.78 is 1.49. The van der Waals surface area contributed by atoms with Crippen LogP contribution in [-0.4, -0.2) is 16.5 Å². The first-order valence-corrected chi connectivity index (χ1v) is 4.90. The lowest BCUT2D eigenvalue weighted by molar-refractivity contribution is 0.0886. The van der Waals surface area contributed by atoms with Crippen LogP contribution in [0.5, 0.6) is 0 Å². The maximum Gasteiger partial charge on any atom is 0.281 e. The predicted octanol–water partition coefficient (Wildman–Crippen LogP) is 1.42. The van der Waals surface area contributed by atoms with Gasteiger partial charge in [-0.25, -0.2) is 0 Å². The molecule has 0 spiro atoms. The molecule has 0 aliphatic carbocycles. The van der Waals surface area contributed by atoms with Crippen molar-refractivity contribution in [3.8, 4) is 0 Å². The summed E-state index contributed by atoms with van der Waals surface area (Å²) in [6.07, 6.45) is 3.34. The van der Waals surface area contributed by atoms with Crippen LogP contribution in [0.4, 0.5) is 0 Å². The number of amides is 2. The first kappa shape index (κ1) is 8.91. The minimum atomic E-state index is -0.281. The van der Waals surface area contributed by atoms with Crippen LogP contribution in [0.15, 0.2) is 48.8 Å². The normalized spacial score (nSPS) is 14.4. The third kappa shape index (κ3) is 1.04. The third-order valence-electron chi connectivity index (χ3n) is 2.59. The SMILES string of the molecule is O=C1c2ccccc2C(=O)[15N]1[15n]1cccc1. The monoisotopic (exact) mass is 214 g/mol. The predicted molar refractivity (Wildman–Crippen MR) is 57.8 cm³/mol. The number of imide groups is 1. The molecule has 3 rings (SSSR count). The zero-order valence-corrected chi connectivity index (χ0v) is 8.33. The van der Waals surface area contributed by atoms with Gasteiger partial charge in [0.15, 0.2) is 0 Å². The lowest BCUT2D eigenvalue weighted by Crippen LogP contribution is -2.38. The third-order valence-corrected chi connectivity index (χ3v) is 2.59. The molecule has 1 aromatic heterocycles. The lowest BCUT2D eigenvalue weighted by Gasteiger charge is -2.14. The molecule has 4 nitrogen and oxygen atoms in total. The van der Waals surface area contributed by atoms with Gasteiger partial charge in [-0.3, -0.25) is 14.3 Å². The highest BCUT2D eigenvalue weighted by molar-refractivity contribution is 6.30. The van der Waals surface area contributed by atoms with Gasteiger partial charge in [-0.2, -0.15) is 5.01 Å². The Morgan fingerprint density at radius 2 is 1.25 bits per heavy atom. The van der Waals surface area contributed by atoms with Crippen molar-refractivity contribution in [1.29, 1.82) is 0 Å². The molecule has 0 saturated heterocycles. The minimum Gasteiger partial charge on any atom is -0.267 e. The molecule has 16 heavy (non-hydrogen) atoms. The van der Waals surface area contributed by atoms with Gasteiger partial charge in [0.1, 0.15) is 0 Å². The quantitative estimate of drug-likeness (QED) is 0.532. The van der Waals surface area contributed by atoms with Crippen molar-refractivity contribution in [2.24, 2.45) is 0 Å². The van der Waals surface area contributed by atoms with E-state index in [1.807, 2.05) is 0 Å². The summed E-state index contributed by atoms with van der Waals surface area (Å²) in [6.45, 7) is 0. The fraction of sp³-hybridized carbons (Fsp3) is 0. The van der Waals surface area contributed by atoms with E-state index < -0.39 is 0 Å². The van der Waals surface area contributed by atoms with E-state index in [2.05, 4.69) is 0 Å². The number of aromatic nitrogens is 1. The van der Waals surface area contributed by atoms with Crippen molar-refractivity contribution in [2.75, 3.05) is 5.01 Å². The molecule has 0 fully saturated rings. The number of carbonyl (C=O) groups is 2. The highest BCUT2D eigenvalue weighted by Crippen LogP contribution is 2.21. The van der Waals surface area contributed by atoms with Crippen molar-refractivity contribution in [2.45, 2.75) is 0 Å². The van der Waals surface area contributed by atoms with Crippen molar-refractivity contribution in [3.63, 3.8) is 0 Å². The van der Waals surface area contributed by atoms with Gasteiger partial charge in [0.25, 0.3) is 11.8 Å². The molecule has 4 heteroatoms. The zero-order chi connectivity index (χ0) is 11.1. The number of hydrogen-bond acceptors (Lipinski definition) is 2. The summed E-state index contributed by atoms with van der Waals surface area (Å²) in [5, 5.41) is 1.13. The first-order chi connectivity index (χ1) is 7.79. The lowest BCUT2D eigenvalue weighted by atomic mass is 10.1. The van der Waals surface area contributed by atoms with Gasteiger partial charge in [-0.05, 0) is 24.3 Å². The Labute approximate surface area is 91.7 Å². The van der Waals surface area contributed by atoms with Crippen LogP contribution < -0.4 is 5.01 Å². The molecule has 1 aliphatic heterocycles. The second-order valence-electron chi connectivity index (χ2n) is 3.53. The fourth-order valence-corrected chi connectivity index (χ4v) is 1.85. The van der Waals surface area contributed by atoms with E-state index in [4.69, 9.17) is 0 Å². The highest BCUT2D eigenvalue weighted by atomic mass is 16.5. The van der Waals surface area contributed by atoms with Crippen molar-refractivity contribution in [1.82, 2.24) is 4.68 Å². The van der Waals surface area contributed by atoms with E-state index >= 15 is 0 Å². The smallest absolute Gasteiger partial charge is 0.267 e. The fourth-order valence-electron chi connectivity index (χ4n) is 1.85. The Hall–Kier alpha value is -2.36. The first-order valence-electron chi connectivity index (χ1n) is 4.90. The molecule has 0 atom stereocenters. The van der Waals surface area contributed by atoms with Gasteiger partial charge in [0, 0.05) is 12.4 Å². The van der Waals surface area contributed by atoms with Crippen LogP contribution in [0.3, 0.4) is 0 Å². The molecule has 0 saturated carbocycles. The number of fused-ring (bicyclic) bond motifs is 1. The molecule has 0 bridgehead atoms. The number of rotatable bonds is 1. The summed E-state index contributed by atoms with van der Waals surface area (Å²) in [4.78, 5) is 24.0. The van der Waals surface area contributed by atoms with Gasteiger partial charge in [0.2, 0.25) is 0 Å². The maximum absolute atomic E-state index is 12.0. The van der Waals surface area contributed by atoms with E-state index in [0.29, 0.717) is 11.1 Å². The maximum atomic E-state index is 12.0. The number of nitrogens with zero attached hydrogens (tertiary/aromatic N) is 2. The van der Waals surface area contributed by atoms with Crippen molar-refractivity contribution < 1.29 is 9.59 Å². The van der Waals surface area contributed by atoms with E-state index in [-0.39, 0.29) is 11.8 Å². The van der Waals surface area contributed by atoms with Crippen LogP contribution in [0.2, 0.25) is 0 Å². The molecule has 78 valence electrons. The molecule has 1 aliphatic rings. The number of benzene rings is 1. The van der Waals surface area contributed by atoms with Crippen LogP contribution >= 0.6 is 0 Å². The summed E-state index contributed by atoms with van der Waals surface area (Å²) in [5.74, 6) is -0.561. The standard InChI is InChI=1S/C12H8N2O2/c15-11-9-5-1-2-6-10(9)12(16)14(11)13-7-3-4-8-13/h1-8H/i13+1,14+1. The Balaban J connectivity index is 2.15. The molecular formula is C12H8N2O2. The largest absolute Gasteiger partial charge is 0.281 e. The molecule has 0 N–H and O–H groups in total. The van der Waals surface area contributed by atoms with Gasteiger partial charge in [-0.1, -0.05) is 12.1 Å². The average molecular weight is 214 g/mol. The van der Waals surface area contributed by atoms with Crippen molar-refractivity contribution in [3.05, 3.63) is 59.9 Å². The minimum absolute atomic E-state index is 0.281. The van der Waals surface area contributed by atoms with E-state index in [1.54, 1.807) is 48.8 Å². The average Bonchev–Trinajstić information content (AvgIpc) is 2.89. The molecule has 0 radical (unpaired) electrons. The highest BCUT2D eigenvalue weighted by Gasteiger charge is 2.36. The second-order valence-corrected chi connectivity index (χ2v) is 3.53. The Morgan fingerprint density at radius 3 is 1.75 bits per heavy atom. The van der Waals surface area contributed by atoms with Gasteiger partial charge >= 0.3 is 0 Å². The van der Waals surface area contributed by atoms with Gasteiger partial charge < -0.3 is 0 Å². The summed E-state index contributed by atoms with van der Waals surface area (Å²) in [7, 11) is 0. The molecule has 2 heterocycles. The Kier molecular flexibility index (Phi) is 1.71. The van der Waals surface area contributed by atoms with E-state index in [9.17, 15) is 9.59 Å². The second kappa shape index (κ2) is 3.06. The van der Waals surface area contributed by atoms with Gasteiger partial charge in [0.05, 0.1) is 11.1 Å². The van der Waals surface area contributed by atoms with E-state index in [0.717, 1.165) is 5.01 Å². The number of hydrogen-bond donors (Lipinski definition) is 0. The van der Waals surface area contributed by atoms with Crippen LogP contribution in [-0.2, 0) is 0 Å². The molecule has 0 unspecified atom stereocenters. The summed E-state index contributed by atoms with van der Waals surface area (Å²) in [5.41, 5.74) is 0.919. The summed E-state index contributed by atoms with van der Waals surface area (Å²) in [6, 6.07) is 10.4. The topological polar surface area (TPSA) is 42.3 Å². The molecule has 1 aromatic carbocycles. The van der Waals surface area contributed by atoms with Crippen LogP contribution in [0, 0.1) is 0 Å². The summed E-state index contributed by atoms with van der Waals surface area (Å²) >= 11 is 0. The Bertz CT molecular complexity index is 537. The van der Waals surface area contributed by atoms with Crippen molar-refractivity contribution >= 4 is 11.8 Å². The molecule has 2 amide bonds. The van der Waals surface area contributed by atoms with E-state index in [1.165, 1.54) is 4.68 Å².